The lowest BCUT2D eigenvalue weighted by molar-refractivity contribution is -0.877. The maximum atomic E-state index is 4.56. The number of rotatable bonds is 1. The number of hydrogen-bond donors (Lipinski definition) is 0. The average molecular weight is 141 g/mol. The predicted octanol–water partition coefficient (Wildman–Crippen LogP) is 1.62. The molecule has 0 aromatic carbocycles. The van der Waals surface area contributed by atoms with Crippen molar-refractivity contribution in [1.29, 1.82) is 0 Å². The Bertz CT molecular complexity index is 134. The minimum absolute atomic E-state index is 0.731. The summed E-state index contributed by atoms with van der Waals surface area (Å²) in [6, 6.07) is 0. The third-order valence-corrected chi connectivity index (χ3v) is 1.62. The fourth-order valence-electron chi connectivity index (χ4n) is 1.31. The van der Waals surface area contributed by atoms with Gasteiger partial charge in [0.2, 0.25) is 0 Å². The number of nitrogens with zero attached hydrogens (tertiary/aromatic N) is 2. The quantitative estimate of drug-likeness (QED) is 0.389. The van der Waals surface area contributed by atoms with E-state index in [2.05, 4.69) is 26.2 Å². The van der Waals surface area contributed by atoms with Gasteiger partial charge in [-0.15, -0.1) is 0 Å². The van der Waals surface area contributed by atoms with Crippen molar-refractivity contribution in [3.05, 3.63) is 0 Å². The van der Waals surface area contributed by atoms with E-state index in [0.717, 1.165) is 4.59 Å². The monoisotopic (exact) mass is 141 g/mol. The van der Waals surface area contributed by atoms with E-state index in [4.69, 9.17) is 0 Å². The van der Waals surface area contributed by atoms with Crippen LogP contribution in [-0.2, 0) is 0 Å². The first-order valence-electron chi connectivity index (χ1n) is 3.97. The highest BCUT2D eigenvalue weighted by atomic mass is 15.6. The van der Waals surface area contributed by atoms with Crippen LogP contribution in [0.3, 0.4) is 0 Å². The number of quaternary nitrogens is 1. The average Bonchev–Trinajstić information content (AvgIpc) is 2.12. The van der Waals surface area contributed by atoms with Crippen LogP contribution in [0.25, 0.3) is 0 Å². The van der Waals surface area contributed by atoms with Crippen LogP contribution in [0.2, 0.25) is 0 Å². The molecular formula is C8H17N2+. The lowest BCUT2D eigenvalue weighted by Crippen LogP contribution is -2.28. The topological polar surface area (TPSA) is 12.4 Å². The van der Waals surface area contributed by atoms with Gasteiger partial charge in [-0.3, -0.25) is 0 Å². The van der Waals surface area contributed by atoms with Gasteiger partial charge in [-0.25, -0.2) is 4.59 Å². The maximum absolute atomic E-state index is 4.56. The van der Waals surface area contributed by atoms with Crippen LogP contribution in [0, 0.1) is 0 Å². The Hall–Kier alpha value is -0.370. The molecule has 0 bridgehead atoms. The Morgan fingerprint density at radius 2 is 1.60 bits per heavy atom. The molecule has 0 heterocycles. The molecule has 1 fully saturated rings. The molecule has 0 N–H and O–H groups in total. The molecule has 1 rings (SSSR count). The molecule has 0 aliphatic heterocycles. The first kappa shape index (κ1) is 7.73. The molecule has 0 unspecified atom stereocenters. The molecule has 0 atom stereocenters. The normalized spacial score (nSPS) is 19.7. The van der Waals surface area contributed by atoms with Crippen molar-refractivity contribution in [3.8, 4) is 0 Å². The summed E-state index contributed by atoms with van der Waals surface area (Å²) in [6.45, 7) is 0. The van der Waals surface area contributed by atoms with E-state index in [9.17, 15) is 0 Å². The summed E-state index contributed by atoms with van der Waals surface area (Å²) < 4.78 is 0.731. The highest BCUT2D eigenvalue weighted by Crippen LogP contribution is 2.15. The van der Waals surface area contributed by atoms with Gasteiger partial charge in [-0.2, -0.15) is 0 Å². The molecule has 0 saturated heterocycles. The fraction of sp³-hybridized carbons (Fsp3) is 0.875. The fourth-order valence-corrected chi connectivity index (χ4v) is 1.31. The molecule has 58 valence electrons. The van der Waals surface area contributed by atoms with Crippen LogP contribution >= 0.6 is 0 Å². The molecule has 0 aromatic rings. The zero-order valence-corrected chi connectivity index (χ0v) is 7.22. The summed E-state index contributed by atoms with van der Waals surface area (Å²) in [5, 5.41) is 4.56. The zero-order valence-electron chi connectivity index (χ0n) is 7.22. The zero-order chi connectivity index (χ0) is 7.61. The maximum Gasteiger partial charge on any atom is 0.0923 e. The lowest BCUT2D eigenvalue weighted by Gasteiger charge is -2.15. The molecule has 0 spiro atoms. The Balaban J connectivity index is 2.53. The van der Waals surface area contributed by atoms with Gasteiger partial charge in [0.15, 0.2) is 0 Å². The molecule has 1 saturated carbocycles. The van der Waals surface area contributed by atoms with E-state index in [1.165, 1.54) is 31.4 Å². The molecule has 1 aliphatic carbocycles. The summed E-state index contributed by atoms with van der Waals surface area (Å²) >= 11 is 0. The van der Waals surface area contributed by atoms with Gasteiger partial charge in [0.25, 0.3) is 0 Å². The van der Waals surface area contributed by atoms with Crippen molar-refractivity contribution in [2.24, 2.45) is 5.10 Å². The van der Waals surface area contributed by atoms with E-state index >= 15 is 0 Å². The van der Waals surface area contributed by atoms with Crippen LogP contribution < -0.4 is 0 Å². The third-order valence-electron chi connectivity index (χ3n) is 1.62. The van der Waals surface area contributed by atoms with Crippen molar-refractivity contribution < 1.29 is 4.59 Å². The van der Waals surface area contributed by atoms with E-state index in [-0.39, 0.29) is 0 Å². The van der Waals surface area contributed by atoms with Crippen LogP contribution in [0.15, 0.2) is 5.10 Å². The van der Waals surface area contributed by atoms with Crippen molar-refractivity contribution in [2.75, 3.05) is 21.1 Å². The van der Waals surface area contributed by atoms with Crippen molar-refractivity contribution in [2.45, 2.75) is 25.7 Å². The second kappa shape index (κ2) is 2.70. The molecule has 10 heavy (non-hydrogen) atoms. The number of hydrogen-bond acceptors (Lipinski definition) is 1. The van der Waals surface area contributed by atoms with Crippen molar-refractivity contribution in [3.63, 3.8) is 0 Å². The third kappa shape index (κ3) is 2.48. The minimum Gasteiger partial charge on any atom is -0.205 e. The predicted molar refractivity (Wildman–Crippen MR) is 43.9 cm³/mol. The standard InChI is InChI=1S/C8H17N2/c1-10(2,3)9-8-6-4-5-7-8/h4-7H2,1-3H3/q+1. The molecule has 1 aliphatic rings. The summed E-state index contributed by atoms with van der Waals surface area (Å²) in [7, 11) is 6.31. The molecule has 0 radical (unpaired) electrons. The van der Waals surface area contributed by atoms with Crippen LogP contribution in [-0.4, -0.2) is 31.4 Å². The van der Waals surface area contributed by atoms with Gasteiger partial charge < -0.3 is 0 Å². The Labute approximate surface area is 63.1 Å². The highest BCUT2D eigenvalue weighted by molar-refractivity contribution is 5.85. The SMILES string of the molecule is C[N+](C)(C)N=C1CCCC1. The van der Waals surface area contributed by atoms with Gasteiger partial charge >= 0.3 is 0 Å². The van der Waals surface area contributed by atoms with Crippen molar-refractivity contribution >= 4 is 5.71 Å². The molecule has 2 nitrogen and oxygen atoms in total. The first-order chi connectivity index (χ1) is 4.58. The van der Waals surface area contributed by atoms with Gasteiger partial charge in [0.1, 0.15) is 0 Å². The highest BCUT2D eigenvalue weighted by Gasteiger charge is 2.13. The van der Waals surface area contributed by atoms with Crippen LogP contribution in [0.4, 0.5) is 0 Å². The smallest absolute Gasteiger partial charge is 0.0923 e. The van der Waals surface area contributed by atoms with Gasteiger partial charge in [0.05, 0.1) is 26.9 Å². The summed E-state index contributed by atoms with van der Waals surface area (Å²) in [4.78, 5) is 0. The van der Waals surface area contributed by atoms with E-state index in [1.54, 1.807) is 0 Å². The summed E-state index contributed by atoms with van der Waals surface area (Å²) in [5.41, 5.74) is 1.41. The van der Waals surface area contributed by atoms with E-state index < -0.39 is 0 Å². The molecule has 0 amide bonds. The van der Waals surface area contributed by atoms with E-state index in [0.29, 0.717) is 0 Å². The minimum atomic E-state index is 0.731. The Morgan fingerprint density at radius 1 is 1.10 bits per heavy atom. The van der Waals surface area contributed by atoms with Gasteiger partial charge in [0, 0.05) is 0 Å². The first-order valence-corrected chi connectivity index (χ1v) is 3.97. The Kier molecular flexibility index (Phi) is 2.09. The van der Waals surface area contributed by atoms with Crippen LogP contribution in [0.5, 0.6) is 0 Å². The second-order valence-electron chi connectivity index (χ2n) is 3.81. The summed E-state index contributed by atoms with van der Waals surface area (Å²) in [6.07, 6.45) is 5.16. The largest absolute Gasteiger partial charge is 0.205 e. The van der Waals surface area contributed by atoms with Crippen molar-refractivity contribution in [1.82, 2.24) is 0 Å². The lowest BCUT2D eigenvalue weighted by atomic mass is 10.3. The second-order valence-corrected chi connectivity index (χ2v) is 3.81. The van der Waals surface area contributed by atoms with E-state index in [1.807, 2.05) is 0 Å². The summed E-state index contributed by atoms with van der Waals surface area (Å²) in [5.74, 6) is 0. The van der Waals surface area contributed by atoms with Gasteiger partial charge in [-0.05, 0) is 25.7 Å². The van der Waals surface area contributed by atoms with Gasteiger partial charge in [-0.1, -0.05) is 5.10 Å². The molecule has 2 heteroatoms. The van der Waals surface area contributed by atoms with Crippen LogP contribution in [0.1, 0.15) is 25.7 Å². The Morgan fingerprint density at radius 3 is 2.00 bits per heavy atom. The molecule has 0 aromatic heterocycles. The molecular weight excluding hydrogens is 124 g/mol.